The molecule has 2 aromatic heterocycles. The molecule has 4 aromatic rings. The molecule has 0 fully saturated rings. The van der Waals surface area contributed by atoms with E-state index in [1.54, 1.807) is 33.6 Å². The first-order valence-electron chi connectivity index (χ1n) is 10.2. The van der Waals surface area contributed by atoms with Crippen LogP contribution in [-0.4, -0.2) is 36.2 Å². The Hall–Kier alpha value is -3.30. The summed E-state index contributed by atoms with van der Waals surface area (Å²) in [7, 11) is 1.84. The molecule has 10 heteroatoms. The van der Waals surface area contributed by atoms with Crippen molar-refractivity contribution in [1.29, 1.82) is 0 Å². The second-order valence-electron chi connectivity index (χ2n) is 7.38. The molecule has 0 bridgehead atoms. The Morgan fingerprint density at radius 2 is 2.00 bits per heavy atom. The Bertz CT molecular complexity index is 1260. The number of nitrogens with zero attached hydrogens (tertiary/aromatic N) is 5. The fraction of sp³-hybridized carbons (Fsp3) is 0.217. The van der Waals surface area contributed by atoms with Crippen LogP contribution < -0.4 is 10.1 Å². The Balaban J connectivity index is 1.31. The zero-order valence-corrected chi connectivity index (χ0v) is 19.8. The van der Waals surface area contributed by atoms with Gasteiger partial charge in [-0.2, -0.15) is 5.10 Å². The van der Waals surface area contributed by atoms with Gasteiger partial charge in [-0.15, -0.1) is 10.2 Å². The third-order valence-electron chi connectivity index (χ3n) is 4.85. The summed E-state index contributed by atoms with van der Waals surface area (Å²) in [4.78, 5) is 12.5. The Kier molecular flexibility index (Phi) is 7.31. The predicted octanol–water partition coefficient (Wildman–Crippen LogP) is 4.33. The summed E-state index contributed by atoms with van der Waals surface area (Å²) in [5.41, 5.74) is 2.30. The second-order valence-corrected chi connectivity index (χ2v) is 8.73. The van der Waals surface area contributed by atoms with Crippen molar-refractivity contribution < 1.29 is 9.53 Å². The molecule has 0 unspecified atom stereocenters. The van der Waals surface area contributed by atoms with Crippen LogP contribution in [0.5, 0.6) is 5.75 Å². The van der Waals surface area contributed by atoms with Gasteiger partial charge in [0.15, 0.2) is 11.0 Å². The van der Waals surface area contributed by atoms with Crippen LogP contribution >= 0.6 is 23.4 Å². The molecule has 0 saturated heterocycles. The maximum atomic E-state index is 12.5. The van der Waals surface area contributed by atoms with Gasteiger partial charge in [0, 0.05) is 13.1 Å². The summed E-state index contributed by atoms with van der Waals surface area (Å²) in [5.74, 6) is 1.90. The summed E-state index contributed by atoms with van der Waals surface area (Å²) < 4.78 is 9.30. The van der Waals surface area contributed by atoms with Crippen molar-refractivity contribution in [2.24, 2.45) is 7.05 Å². The number of aryl methyl sites for hydroxylation is 1. The van der Waals surface area contributed by atoms with Gasteiger partial charge in [-0.3, -0.25) is 4.79 Å². The molecule has 8 nitrogen and oxygen atoms in total. The van der Waals surface area contributed by atoms with Crippen molar-refractivity contribution in [1.82, 2.24) is 24.5 Å². The van der Waals surface area contributed by atoms with E-state index in [1.807, 2.05) is 44.3 Å². The maximum Gasteiger partial charge on any atom is 0.235 e. The number of para-hydroxylation sites is 1. The molecule has 1 amide bonds. The van der Waals surface area contributed by atoms with E-state index >= 15 is 0 Å². The van der Waals surface area contributed by atoms with Crippen molar-refractivity contribution >= 4 is 35.1 Å². The Morgan fingerprint density at radius 1 is 1.15 bits per heavy atom. The van der Waals surface area contributed by atoms with Crippen LogP contribution in [0, 0.1) is 6.92 Å². The van der Waals surface area contributed by atoms with Crippen LogP contribution in [0.3, 0.4) is 0 Å². The number of carbonyl (C=O) groups is 1. The summed E-state index contributed by atoms with van der Waals surface area (Å²) in [5, 5.41) is 16.7. The van der Waals surface area contributed by atoms with E-state index in [-0.39, 0.29) is 18.3 Å². The number of carbonyl (C=O) groups excluding carboxylic acids is 1. The van der Waals surface area contributed by atoms with Crippen LogP contribution in [0.25, 0.3) is 0 Å². The molecule has 170 valence electrons. The molecule has 0 aliphatic heterocycles. The molecule has 0 aliphatic rings. The molecule has 0 spiro atoms. The van der Waals surface area contributed by atoms with Crippen LogP contribution in [-0.2, 0) is 25.0 Å². The minimum absolute atomic E-state index is 0.150. The normalized spacial score (nSPS) is 10.9. The number of hydrogen-bond acceptors (Lipinski definition) is 6. The molecule has 0 radical (unpaired) electrons. The van der Waals surface area contributed by atoms with Crippen molar-refractivity contribution in [2.45, 2.75) is 25.2 Å². The van der Waals surface area contributed by atoms with E-state index in [4.69, 9.17) is 16.3 Å². The first kappa shape index (κ1) is 22.9. The number of thioether (sulfide) groups is 1. The number of rotatable bonds is 9. The summed E-state index contributed by atoms with van der Waals surface area (Å²) in [6, 6.07) is 17.2. The monoisotopic (exact) mass is 482 g/mol. The van der Waals surface area contributed by atoms with E-state index in [9.17, 15) is 4.79 Å². The Morgan fingerprint density at radius 3 is 2.82 bits per heavy atom. The van der Waals surface area contributed by atoms with Crippen LogP contribution in [0.15, 0.2) is 66.0 Å². The van der Waals surface area contributed by atoms with Gasteiger partial charge in [0.1, 0.15) is 18.2 Å². The molecule has 1 N–H and O–H groups in total. The third-order valence-corrected chi connectivity index (χ3v) is 6.18. The second kappa shape index (κ2) is 10.5. The molecule has 0 atom stereocenters. The highest BCUT2D eigenvalue weighted by molar-refractivity contribution is 7.99. The summed E-state index contributed by atoms with van der Waals surface area (Å²) in [6.07, 6.45) is 1.67. The highest BCUT2D eigenvalue weighted by Crippen LogP contribution is 2.24. The molecule has 2 aromatic carbocycles. The lowest BCUT2D eigenvalue weighted by molar-refractivity contribution is -0.113. The van der Waals surface area contributed by atoms with Crippen molar-refractivity contribution in [3.05, 3.63) is 82.8 Å². The van der Waals surface area contributed by atoms with Gasteiger partial charge in [-0.25, -0.2) is 4.68 Å². The lowest BCUT2D eigenvalue weighted by Gasteiger charge is -2.10. The van der Waals surface area contributed by atoms with Crippen molar-refractivity contribution in [2.75, 3.05) is 11.1 Å². The van der Waals surface area contributed by atoms with Gasteiger partial charge in [-0.05, 0) is 24.6 Å². The number of nitrogens with one attached hydrogen (secondary N) is 1. The van der Waals surface area contributed by atoms with Crippen molar-refractivity contribution in [3.8, 4) is 5.75 Å². The maximum absolute atomic E-state index is 12.5. The lowest BCUT2D eigenvalue weighted by atomic mass is 10.1. The molecule has 33 heavy (non-hydrogen) atoms. The van der Waals surface area contributed by atoms with Gasteiger partial charge >= 0.3 is 0 Å². The number of halogens is 1. The van der Waals surface area contributed by atoms with E-state index in [0.717, 1.165) is 5.56 Å². The van der Waals surface area contributed by atoms with Gasteiger partial charge in [0.2, 0.25) is 5.91 Å². The molecule has 0 saturated carbocycles. The molecular formula is C23H23ClN6O2S. The number of anilines is 1. The third kappa shape index (κ3) is 5.94. The van der Waals surface area contributed by atoms with Gasteiger partial charge in [0.25, 0.3) is 0 Å². The van der Waals surface area contributed by atoms with E-state index in [0.29, 0.717) is 34.1 Å². The summed E-state index contributed by atoms with van der Waals surface area (Å²) in [6.45, 7) is 2.85. The number of benzene rings is 2. The quantitative estimate of drug-likeness (QED) is 0.357. The van der Waals surface area contributed by atoms with Crippen LogP contribution in [0.1, 0.15) is 17.0 Å². The molecule has 2 heterocycles. The fourth-order valence-corrected chi connectivity index (χ4v) is 4.08. The lowest BCUT2D eigenvalue weighted by Crippen LogP contribution is -2.18. The van der Waals surface area contributed by atoms with Gasteiger partial charge in [0.05, 0.1) is 23.5 Å². The predicted molar refractivity (Wildman–Crippen MR) is 129 cm³/mol. The van der Waals surface area contributed by atoms with Crippen LogP contribution in [0.4, 0.5) is 5.82 Å². The van der Waals surface area contributed by atoms with Gasteiger partial charge < -0.3 is 14.6 Å². The average Bonchev–Trinajstić information content (AvgIpc) is 3.37. The number of amides is 1. The molecule has 4 rings (SSSR count). The van der Waals surface area contributed by atoms with E-state index in [2.05, 4.69) is 26.7 Å². The van der Waals surface area contributed by atoms with E-state index in [1.165, 1.54) is 17.3 Å². The standard InChI is InChI=1S/C23H23ClN6O2S/c1-16-6-5-7-17(12-16)13-30-20(10-11-25-30)26-22(31)15-33-23-28-27-21(29(23)2)14-32-19-9-4-3-8-18(19)24/h3-12H,13-15H2,1-2H3,(H,26,31). The van der Waals surface area contributed by atoms with Gasteiger partial charge in [-0.1, -0.05) is 65.3 Å². The topological polar surface area (TPSA) is 86.9 Å². The van der Waals surface area contributed by atoms with Crippen molar-refractivity contribution in [3.63, 3.8) is 0 Å². The Labute approximate surface area is 200 Å². The number of aromatic nitrogens is 5. The SMILES string of the molecule is Cc1cccc(Cn2nccc2NC(=O)CSc2nnc(COc3ccccc3Cl)n2C)c1. The smallest absolute Gasteiger partial charge is 0.235 e. The average molecular weight is 483 g/mol. The molecular weight excluding hydrogens is 460 g/mol. The largest absolute Gasteiger partial charge is 0.484 e. The first-order valence-corrected chi connectivity index (χ1v) is 11.6. The van der Waals surface area contributed by atoms with E-state index < -0.39 is 0 Å². The highest BCUT2D eigenvalue weighted by Gasteiger charge is 2.14. The first-order chi connectivity index (χ1) is 16.0. The number of ether oxygens (including phenoxy) is 1. The van der Waals surface area contributed by atoms with Crippen LogP contribution in [0.2, 0.25) is 5.02 Å². The zero-order valence-electron chi connectivity index (χ0n) is 18.2. The fourth-order valence-electron chi connectivity index (χ4n) is 3.16. The minimum Gasteiger partial charge on any atom is -0.484 e. The minimum atomic E-state index is -0.150. The number of hydrogen-bond donors (Lipinski definition) is 1. The molecule has 0 aliphatic carbocycles. The zero-order chi connectivity index (χ0) is 23.2. The summed E-state index contributed by atoms with van der Waals surface area (Å²) >= 11 is 7.42. The highest BCUT2D eigenvalue weighted by atomic mass is 35.5.